The predicted molar refractivity (Wildman–Crippen MR) is 94.2 cm³/mol. The highest BCUT2D eigenvalue weighted by atomic mass is 16.5. The Kier molecular flexibility index (Phi) is 20.0. The van der Waals surface area contributed by atoms with Crippen molar-refractivity contribution in [3.63, 3.8) is 0 Å². The average molecular weight is 300 g/mol. The van der Waals surface area contributed by atoms with Crippen molar-refractivity contribution in [2.75, 3.05) is 26.3 Å². The van der Waals surface area contributed by atoms with E-state index in [1.54, 1.807) is 0 Å². The van der Waals surface area contributed by atoms with Crippen molar-refractivity contribution >= 4 is 11.7 Å². The molecule has 126 valence electrons. The van der Waals surface area contributed by atoms with Gasteiger partial charge in [-0.1, -0.05) is 40.5 Å². The van der Waals surface area contributed by atoms with Crippen LogP contribution in [0.15, 0.2) is 9.98 Å². The number of amidine groups is 2. The first kappa shape index (κ1) is 22.2. The van der Waals surface area contributed by atoms with Crippen molar-refractivity contribution in [1.82, 2.24) is 0 Å². The van der Waals surface area contributed by atoms with Gasteiger partial charge in [-0.25, -0.2) is 0 Å². The van der Waals surface area contributed by atoms with Crippen LogP contribution < -0.4 is 11.5 Å². The Hall–Kier alpha value is -1.10. The maximum atomic E-state index is 5.54. The first-order valence-corrected chi connectivity index (χ1v) is 8.31. The lowest BCUT2D eigenvalue weighted by molar-refractivity contribution is 0.128. The quantitative estimate of drug-likeness (QED) is 0.369. The van der Waals surface area contributed by atoms with Gasteiger partial charge in [-0.3, -0.25) is 9.98 Å². The van der Waals surface area contributed by atoms with Crippen LogP contribution in [0, 0.1) is 0 Å². The number of hydrogen-bond donors (Lipinski definition) is 2. The van der Waals surface area contributed by atoms with Crippen LogP contribution in [0.1, 0.15) is 66.2 Å². The highest BCUT2D eigenvalue weighted by Crippen LogP contribution is 1.91. The van der Waals surface area contributed by atoms with Crippen molar-refractivity contribution < 1.29 is 4.74 Å². The van der Waals surface area contributed by atoms with Crippen LogP contribution in [-0.2, 0) is 4.74 Å². The highest BCUT2D eigenvalue weighted by Gasteiger charge is 1.95. The Balaban J connectivity index is 0. The largest absolute Gasteiger partial charge is 0.381 e. The van der Waals surface area contributed by atoms with E-state index in [0.717, 1.165) is 26.1 Å². The van der Waals surface area contributed by atoms with Gasteiger partial charge in [0.1, 0.15) is 0 Å². The highest BCUT2D eigenvalue weighted by molar-refractivity contribution is 6.39. The van der Waals surface area contributed by atoms with E-state index in [-0.39, 0.29) is 0 Å². The number of rotatable bonds is 10. The van der Waals surface area contributed by atoms with Crippen molar-refractivity contribution in [1.29, 1.82) is 0 Å². The molecular weight excluding hydrogens is 264 g/mol. The summed E-state index contributed by atoms with van der Waals surface area (Å²) >= 11 is 0. The topological polar surface area (TPSA) is 86.0 Å². The molecule has 0 aliphatic heterocycles. The van der Waals surface area contributed by atoms with Gasteiger partial charge in [0.2, 0.25) is 0 Å². The summed E-state index contributed by atoms with van der Waals surface area (Å²) in [4.78, 5) is 8.07. The summed E-state index contributed by atoms with van der Waals surface area (Å²) in [6.45, 7) is 11.8. The predicted octanol–water partition coefficient (Wildman–Crippen LogP) is 3.12. The number of nitrogens with two attached hydrogens (primary N) is 2. The van der Waals surface area contributed by atoms with Gasteiger partial charge in [0, 0.05) is 26.3 Å². The van der Waals surface area contributed by atoms with Crippen LogP contribution in [0.25, 0.3) is 0 Å². The molecule has 0 amide bonds. The molecule has 4 N–H and O–H groups in total. The fraction of sp³-hybridized carbons (Fsp3) is 0.875. The zero-order chi connectivity index (χ0) is 16.3. The van der Waals surface area contributed by atoms with Crippen LogP contribution in [0.4, 0.5) is 0 Å². The summed E-state index contributed by atoms with van der Waals surface area (Å²) in [6.07, 6.45) is 6.86. The molecule has 0 saturated carbocycles. The Bertz CT molecular complexity index is 239. The monoisotopic (exact) mass is 300 g/mol. The number of ether oxygens (including phenoxy) is 1. The van der Waals surface area contributed by atoms with E-state index in [4.69, 9.17) is 16.2 Å². The zero-order valence-corrected chi connectivity index (χ0v) is 14.5. The fourth-order valence-electron chi connectivity index (χ4n) is 1.22. The standard InChI is InChI=1S/C8H18N4.C8H18O/c1-3-5-11-7(9)8(10)12-6-4-2;1-3-5-7-9-8-6-4-2/h3-6H2,1-2H3,(H2,9,11)(H2,10,12);3-8H2,1-2H3. The molecule has 0 aliphatic carbocycles. The maximum absolute atomic E-state index is 5.54. The molecule has 0 aliphatic rings. The lowest BCUT2D eigenvalue weighted by atomic mass is 10.3. The SMILES string of the molecule is CCCCOCCCC.CCCN=C(N)C(N)=NCCC. The average Bonchev–Trinajstić information content (AvgIpc) is 2.50. The summed E-state index contributed by atoms with van der Waals surface area (Å²) < 4.78 is 5.31. The summed E-state index contributed by atoms with van der Waals surface area (Å²) in [7, 11) is 0. The number of hydrogen-bond acceptors (Lipinski definition) is 3. The molecule has 0 heterocycles. The molecule has 0 unspecified atom stereocenters. The van der Waals surface area contributed by atoms with Crippen LogP contribution in [-0.4, -0.2) is 38.0 Å². The molecule has 0 spiro atoms. The van der Waals surface area contributed by atoms with Crippen LogP contribution in [0.5, 0.6) is 0 Å². The van der Waals surface area contributed by atoms with Gasteiger partial charge in [0.15, 0.2) is 11.7 Å². The molecule has 0 saturated heterocycles. The molecule has 5 nitrogen and oxygen atoms in total. The molecule has 0 aromatic carbocycles. The molecule has 0 atom stereocenters. The molecule has 0 bridgehead atoms. The summed E-state index contributed by atoms with van der Waals surface area (Å²) in [5, 5.41) is 0. The van der Waals surface area contributed by atoms with Gasteiger partial charge in [0.05, 0.1) is 0 Å². The normalized spacial score (nSPS) is 12.0. The fourth-order valence-corrected chi connectivity index (χ4v) is 1.22. The van der Waals surface area contributed by atoms with E-state index in [0.29, 0.717) is 24.8 Å². The minimum absolute atomic E-state index is 0.366. The van der Waals surface area contributed by atoms with Crippen molar-refractivity contribution in [2.24, 2.45) is 21.5 Å². The molecule has 0 radical (unpaired) electrons. The molecule has 0 aromatic rings. The second-order valence-electron chi connectivity index (χ2n) is 4.85. The number of aliphatic imine (C=N–C) groups is 2. The van der Waals surface area contributed by atoms with Gasteiger partial charge in [-0.05, 0) is 25.7 Å². The lowest BCUT2D eigenvalue weighted by Crippen LogP contribution is -2.31. The lowest BCUT2D eigenvalue weighted by Gasteiger charge is -1.99. The third-order valence-corrected chi connectivity index (χ3v) is 2.56. The first-order valence-electron chi connectivity index (χ1n) is 8.31. The molecule has 0 aromatic heterocycles. The molecular formula is C16H36N4O. The second-order valence-corrected chi connectivity index (χ2v) is 4.85. The summed E-state index contributed by atoms with van der Waals surface area (Å²) in [5.74, 6) is 0.732. The third-order valence-electron chi connectivity index (χ3n) is 2.56. The third kappa shape index (κ3) is 18.9. The van der Waals surface area contributed by atoms with E-state index in [2.05, 4.69) is 23.8 Å². The van der Waals surface area contributed by atoms with Crippen LogP contribution in [0.3, 0.4) is 0 Å². The smallest absolute Gasteiger partial charge is 0.161 e. The number of unbranched alkanes of at least 4 members (excludes halogenated alkanes) is 2. The maximum Gasteiger partial charge on any atom is 0.161 e. The molecule has 5 heteroatoms. The molecule has 21 heavy (non-hydrogen) atoms. The Morgan fingerprint density at radius 3 is 1.38 bits per heavy atom. The molecule has 0 fully saturated rings. The minimum atomic E-state index is 0.366. The summed E-state index contributed by atoms with van der Waals surface area (Å²) in [6, 6.07) is 0. The van der Waals surface area contributed by atoms with E-state index >= 15 is 0 Å². The van der Waals surface area contributed by atoms with E-state index < -0.39 is 0 Å². The van der Waals surface area contributed by atoms with Crippen molar-refractivity contribution in [2.45, 2.75) is 66.2 Å². The molecule has 0 rings (SSSR count). The van der Waals surface area contributed by atoms with E-state index in [1.165, 1.54) is 25.7 Å². The first-order chi connectivity index (χ1) is 10.1. The van der Waals surface area contributed by atoms with E-state index in [1.807, 2.05) is 13.8 Å². The summed E-state index contributed by atoms with van der Waals surface area (Å²) in [5.41, 5.74) is 11.1. The van der Waals surface area contributed by atoms with Gasteiger partial charge < -0.3 is 16.2 Å². The Morgan fingerprint density at radius 2 is 1.10 bits per heavy atom. The van der Waals surface area contributed by atoms with Gasteiger partial charge >= 0.3 is 0 Å². The van der Waals surface area contributed by atoms with Crippen LogP contribution in [0.2, 0.25) is 0 Å². The van der Waals surface area contributed by atoms with Crippen molar-refractivity contribution in [3.05, 3.63) is 0 Å². The van der Waals surface area contributed by atoms with Gasteiger partial charge in [-0.15, -0.1) is 0 Å². The Labute approximate surface area is 131 Å². The minimum Gasteiger partial charge on any atom is -0.381 e. The van der Waals surface area contributed by atoms with Gasteiger partial charge in [0.25, 0.3) is 0 Å². The second kappa shape index (κ2) is 18.9. The van der Waals surface area contributed by atoms with Gasteiger partial charge in [-0.2, -0.15) is 0 Å². The van der Waals surface area contributed by atoms with E-state index in [9.17, 15) is 0 Å². The Morgan fingerprint density at radius 1 is 0.714 bits per heavy atom. The zero-order valence-electron chi connectivity index (χ0n) is 14.5. The number of nitrogens with zero attached hydrogens (tertiary/aromatic N) is 2. The van der Waals surface area contributed by atoms with Crippen molar-refractivity contribution in [3.8, 4) is 0 Å². The van der Waals surface area contributed by atoms with Crippen LogP contribution >= 0.6 is 0 Å².